The van der Waals surface area contributed by atoms with Crippen LogP contribution < -0.4 is 15.5 Å². The Morgan fingerprint density at radius 1 is 1.21 bits per heavy atom. The first kappa shape index (κ1) is 18.1. The number of hydrogen-bond acceptors (Lipinski definition) is 5. The molecule has 3 heterocycles. The zero-order chi connectivity index (χ0) is 19.9. The number of anilines is 3. The molecule has 0 bridgehead atoms. The summed E-state index contributed by atoms with van der Waals surface area (Å²) in [6.45, 7) is 0.627. The summed E-state index contributed by atoms with van der Waals surface area (Å²) < 4.78 is 39.6. The number of hydrogen-bond donors (Lipinski definition) is 2. The highest BCUT2D eigenvalue weighted by Crippen LogP contribution is 2.30. The topological polar surface area (TPSA) is 74.6 Å². The Kier molecular flexibility index (Phi) is 4.33. The molecule has 2 aromatic heterocycles. The van der Waals surface area contributed by atoms with Gasteiger partial charge in [-0.1, -0.05) is 6.07 Å². The van der Waals surface area contributed by atoms with Crippen molar-refractivity contribution in [2.75, 3.05) is 23.8 Å². The highest BCUT2D eigenvalue weighted by molar-refractivity contribution is 5.86. The quantitative estimate of drug-likeness (QED) is 0.717. The van der Waals surface area contributed by atoms with Crippen LogP contribution in [0, 0.1) is 0 Å². The molecule has 7 nitrogen and oxygen atoms in total. The van der Waals surface area contributed by atoms with Gasteiger partial charge < -0.3 is 15.5 Å². The van der Waals surface area contributed by atoms with Gasteiger partial charge >= 0.3 is 6.18 Å². The normalized spacial score (nSPS) is 17.0. The number of alkyl halides is 3. The number of pyridine rings is 1. The number of benzene rings is 1. The van der Waals surface area contributed by atoms with Crippen LogP contribution in [0.4, 0.5) is 30.6 Å². The molecule has 0 spiro atoms. The number of rotatable bonds is 4. The van der Waals surface area contributed by atoms with Gasteiger partial charge in [0.1, 0.15) is 11.9 Å². The number of nitrogens with one attached hydrogen (secondary N) is 2. The van der Waals surface area contributed by atoms with Crippen molar-refractivity contribution in [3.63, 3.8) is 0 Å². The second-order valence-corrected chi connectivity index (χ2v) is 6.50. The van der Waals surface area contributed by atoms with Crippen LogP contribution in [-0.2, 0) is 11.0 Å². The minimum absolute atomic E-state index is 0.0391. The van der Waals surface area contributed by atoms with Gasteiger partial charge in [-0.3, -0.25) is 4.79 Å². The van der Waals surface area contributed by atoms with Gasteiger partial charge in [-0.2, -0.15) is 22.7 Å². The van der Waals surface area contributed by atoms with E-state index in [0.29, 0.717) is 30.1 Å². The lowest BCUT2D eigenvalue weighted by Crippen LogP contribution is -2.38. The van der Waals surface area contributed by atoms with Crippen LogP contribution in [0.3, 0.4) is 0 Å². The van der Waals surface area contributed by atoms with E-state index in [4.69, 9.17) is 0 Å². The van der Waals surface area contributed by atoms with Crippen molar-refractivity contribution in [2.24, 2.45) is 0 Å². The Bertz CT molecular complexity index is 1010. The average Bonchev–Trinajstić information content (AvgIpc) is 3.26. The van der Waals surface area contributed by atoms with Gasteiger partial charge in [-0.25, -0.2) is 0 Å². The summed E-state index contributed by atoms with van der Waals surface area (Å²) >= 11 is 0. The van der Waals surface area contributed by atoms with E-state index in [9.17, 15) is 18.0 Å². The Hall–Kier alpha value is -3.30. The van der Waals surface area contributed by atoms with E-state index in [-0.39, 0.29) is 17.9 Å². The van der Waals surface area contributed by atoms with Crippen LogP contribution in [0.15, 0.2) is 42.5 Å². The number of aromatic nitrogens is 3. The predicted molar refractivity (Wildman–Crippen MR) is 97.5 cm³/mol. The lowest BCUT2D eigenvalue weighted by atomic mass is 10.2. The molecule has 2 N–H and O–H groups in total. The molecule has 3 aromatic rings. The standard InChI is InChI=1S/C18H17F3N6O/c1-26(13-9-10-22-16(13)28)15-4-2-3-14-24-17(25-27(14)15)23-12-7-5-11(6-8-12)18(19,20)21/h2-8,13H,9-10H2,1H3,(H,22,28)(H,23,25). The summed E-state index contributed by atoms with van der Waals surface area (Å²) in [4.78, 5) is 18.2. The van der Waals surface area contributed by atoms with E-state index in [1.165, 1.54) is 12.1 Å². The van der Waals surface area contributed by atoms with Crippen LogP contribution in [0.1, 0.15) is 12.0 Å². The molecule has 0 saturated carbocycles. The Labute approximate surface area is 158 Å². The van der Waals surface area contributed by atoms with Crippen LogP contribution in [0.25, 0.3) is 5.65 Å². The van der Waals surface area contributed by atoms with Gasteiger partial charge in [0.15, 0.2) is 5.65 Å². The van der Waals surface area contributed by atoms with Gasteiger partial charge in [-0.05, 0) is 42.8 Å². The summed E-state index contributed by atoms with van der Waals surface area (Å²) in [5.74, 6) is 0.895. The summed E-state index contributed by atoms with van der Waals surface area (Å²) in [5, 5.41) is 10.1. The summed E-state index contributed by atoms with van der Waals surface area (Å²) in [5.41, 5.74) is 0.269. The van der Waals surface area contributed by atoms with E-state index in [1.807, 2.05) is 24.1 Å². The minimum Gasteiger partial charge on any atom is -0.354 e. The molecule has 1 aromatic carbocycles. The number of nitrogens with zero attached hydrogens (tertiary/aromatic N) is 4. The molecule has 1 saturated heterocycles. The van der Waals surface area contributed by atoms with E-state index in [1.54, 1.807) is 10.6 Å². The molecule has 0 aliphatic carbocycles. The second-order valence-electron chi connectivity index (χ2n) is 6.50. The van der Waals surface area contributed by atoms with Gasteiger partial charge in [0, 0.05) is 19.3 Å². The maximum Gasteiger partial charge on any atom is 0.416 e. The Balaban J connectivity index is 1.60. The molecule has 1 atom stereocenters. The van der Waals surface area contributed by atoms with Crippen molar-refractivity contribution in [3.05, 3.63) is 48.0 Å². The predicted octanol–water partition coefficient (Wildman–Crippen LogP) is 2.82. The fourth-order valence-corrected chi connectivity index (χ4v) is 3.19. The van der Waals surface area contributed by atoms with E-state index in [0.717, 1.165) is 12.1 Å². The molecule has 1 amide bonds. The highest BCUT2D eigenvalue weighted by Gasteiger charge is 2.30. The molecule has 1 unspecified atom stereocenters. The molecule has 1 fully saturated rings. The first-order valence-electron chi connectivity index (χ1n) is 8.63. The molecule has 146 valence electrons. The molecule has 28 heavy (non-hydrogen) atoms. The third kappa shape index (κ3) is 3.32. The number of likely N-dealkylation sites (N-methyl/N-ethyl adjacent to an activating group) is 1. The van der Waals surface area contributed by atoms with Crippen LogP contribution >= 0.6 is 0 Å². The molecule has 1 aliphatic rings. The molecular weight excluding hydrogens is 373 g/mol. The largest absolute Gasteiger partial charge is 0.416 e. The van der Waals surface area contributed by atoms with Crippen LogP contribution in [-0.4, -0.2) is 40.1 Å². The first-order chi connectivity index (χ1) is 13.3. The third-order valence-electron chi connectivity index (χ3n) is 4.66. The summed E-state index contributed by atoms with van der Waals surface area (Å²) in [6, 6.07) is 9.75. The van der Waals surface area contributed by atoms with E-state index in [2.05, 4.69) is 20.7 Å². The lowest BCUT2D eigenvalue weighted by Gasteiger charge is -2.24. The van der Waals surface area contributed by atoms with Gasteiger partial charge in [-0.15, -0.1) is 5.10 Å². The summed E-state index contributed by atoms with van der Waals surface area (Å²) in [7, 11) is 1.81. The Morgan fingerprint density at radius 3 is 2.61 bits per heavy atom. The van der Waals surface area contributed by atoms with Crippen molar-refractivity contribution in [1.82, 2.24) is 19.9 Å². The van der Waals surface area contributed by atoms with Crippen molar-refractivity contribution in [3.8, 4) is 0 Å². The van der Waals surface area contributed by atoms with Crippen molar-refractivity contribution >= 4 is 29.0 Å². The molecule has 0 radical (unpaired) electrons. The van der Waals surface area contributed by atoms with E-state index >= 15 is 0 Å². The average molecular weight is 390 g/mol. The van der Waals surface area contributed by atoms with Gasteiger partial charge in [0.2, 0.25) is 11.9 Å². The number of carbonyl (C=O) groups is 1. The van der Waals surface area contributed by atoms with E-state index < -0.39 is 11.7 Å². The number of fused-ring (bicyclic) bond motifs is 1. The van der Waals surface area contributed by atoms with Crippen LogP contribution in [0.2, 0.25) is 0 Å². The maximum absolute atomic E-state index is 12.7. The van der Waals surface area contributed by atoms with Gasteiger partial charge in [0.25, 0.3) is 0 Å². The fraction of sp³-hybridized carbons (Fsp3) is 0.278. The zero-order valence-corrected chi connectivity index (χ0v) is 14.9. The SMILES string of the molecule is CN(c1cccc2nc(Nc3ccc(C(F)(F)F)cc3)nn12)C1CCNC1=O. The number of carbonyl (C=O) groups excluding carboxylic acids is 1. The minimum atomic E-state index is -4.38. The van der Waals surface area contributed by atoms with Crippen molar-refractivity contribution in [1.29, 1.82) is 0 Å². The molecule has 10 heteroatoms. The summed E-state index contributed by atoms with van der Waals surface area (Å²) in [6.07, 6.45) is -3.69. The van der Waals surface area contributed by atoms with Gasteiger partial charge in [0.05, 0.1) is 5.56 Å². The fourth-order valence-electron chi connectivity index (χ4n) is 3.19. The first-order valence-corrected chi connectivity index (χ1v) is 8.63. The Morgan fingerprint density at radius 2 is 1.96 bits per heavy atom. The molecule has 4 rings (SSSR count). The number of amides is 1. The van der Waals surface area contributed by atoms with Crippen molar-refractivity contribution in [2.45, 2.75) is 18.6 Å². The lowest BCUT2D eigenvalue weighted by molar-refractivity contribution is -0.137. The molecule has 1 aliphatic heterocycles. The second kappa shape index (κ2) is 6.70. The third-order valence-corrected chi connectivity index (χ3v) is 4.66. The molecular formula is C18H17F3N6O. The highest BCUT2D eigenvalue weighted by atomic mass is 19.4. The van der Waals surface area contributed by atoms with Crippen molar-refractivity contribution < 1.29 is 18.0 Å². The maximum atomic E-state index is 12.7. The monoisotopic (exact) mass is 390 g/mol. The number of halogens is 3. The zero-order valence-electron chi connectivity index (χ0n) is 14.9. The van der Waals surface area contributed by atoms with Crippen LogP contribution in [0.5, 0.6) is 0 Å². The smallest absolute Gasteiger partial charge is 0.354 e.